The molecule has 0 fully saturated rings. The van der Waals surface area contributed by atoms with Gasteiger partial charge in [0.2, 0.25) is 11.8 Å². The van der Waals surface area contributed by atoms with Crippen LogP contribution >= 0.6 is 0 Å². The third-order valence-corrected chi connectivity index (χ3v) is 6.91. The molecule has 232 valence electrons. The van der Waals surface area contributed by atoms with Crippen molar-refractivity contribution in [3.63, 3.8) is 0 Å². The first-order valence-corrected chi connectivity index (χ1v) is 15.3. The van der Waals surface area contributed by atoms with E-state index in [0.29, 0.717) is 37.6 Å². The number of hydrazone groups is 2. The maximum Gasteiger partial charge on any atom is 0.240 e. The summed E-state index contributed by atoms with van der Waals surface area (Å²) in [6.07, 6.45) is 8.30. The minimum absolute atomic E-state index is 0.127. The van der Waals surface area contributed by atoms with E-state index in [1.807, 2.05) is 109 Å². The molecule has 4 aromatic carbocycles. The third kappa shape index (κ3) is 12.5. The zero-order valence-electron chi connectivity index (χ0n) is 25.4. The summed E-state index contributed by atoms with van der Waals surface area (Å²) in [5.74, 6) is 1.15. The standard InChI is InChI=1S/C37H40N4O4/c42-36(40-38-26-32-20-12-14-22-34(32)44-28-30-16-6-4-7-17-30)24-10-2-1-3-11-25-37(43)41-39-27-33-21-13-15-23-35(33)45-29-31-18-8-5-9-19-31/h4-9,12-23,26-27H,1-3,10-11,24-25,28-29H2,(H,40,42)(H,41,43)/b38-26+,39-27+. The van der Waals surface area contributed by atoms with E-state index in [1.54, 1.807) is 12.4 Å². The van der Waals surface area contributed by atoms with E-state index < -0.39 is 0 Å². The van der Waals surface area contributed by atoms with Crippen molar-refractivity contribution in [1.29, 1.82) is 0 Å². The number of nitrogens with one attached hydrogen (secondary N) is 2. The van der Waals surface area contributed by atoms with Gasteiger partial charge in [-0.1, -0.05) is 104 Å². The van der Waals surface area contributed by atoms with Crippen molar-refractivity contribution in [2.75, 3.05) is 0 Å². The van der Waals surface area contributed by atoms with E-state index in [9.17, 15) is 9.59 Å². The van der Waals surface area contributed by atoms with Gasteiger partial charge in [0.25, 0.3) is 0 Å². The van der Waals surface area contributed by atoms with E-state index in [4.69, 9.17) is 9.47 Å². The van der Waals surface area contributed by atoms with Gasteiger partial charge >= 0.3 is 0 Å². The Kier molecular flexibility index (Phi) is 13.9. The highest BCUT2D eigenvalue weighted by atomic mass is 16.5. The van der Waals surface area contributed by atoms with Crippen molar-refractivity contribution in [3.8, 4) is 11.5 Å². The average molecular weight is 605 g/mol. The zero-order valence-corrected chi connectivity index (χ0v) is 25.4. The molecule has 0 heterocycles. The van der Waals surface area contributed by atoms with Gasteiger partial charge in [-0.3, -0.25) is 9.59 Å². The molecule has 0 saturated heterocycles. The van der Waals surface area contributed by atoms with E-state index in [2.05, 4.69) is 21.1 Å². The molecule has 8 nitrogen and oxygen atoms in total. The molecule has 0 aromatic heterocycles. The summed E-state index contributed by atoms with van der Waals surface area (Å²) in [5, 5.41) is 8.22. The van der Waals surface area contributed by atoms with Gasteiger partial charge in [-0.15, -0.1) is 0 Å². The second-order valence-corrected chi connectivity index (χ2v) is 10.5. The van der Waals surface area contributed by atoms with Crippen LogP contribution in [0.15, 0.2) is 119 Å². The molecule has 0 aliphatic rings. The van der Waals surface area contributed by atoms with Crippen LogP contribution < -0.4 is 20.3 Å². The van der Waals surface area contributed by atoms with Crippen molar-refractivity contribution in [1.82, 2.24) is 10.9 Å². The predicted octanol–water partition coefficient (Wildman–Crippen LogP) is 7.18. The molecule has 0 saturated carbocycles. The summed E-state index contributed by atoms with van der Waals surface area (Å²) in [6.45, 7) is 0.912. The fourth-order valence-corrected chi connectivity index (χ4v) is 4.47. The largest absolute Gasteiger partial charge is 0.488 e. The number of amides is 2. The lowest BCUT2D eigenvalue weighted by Crippen LogP contribution is -2.17. The Morgan fingerprint density at radius 3 is 1.33 bits per heavy atom. The van der Waals surface area contributed by atoms with Crippen LogP contribution in [0.1, 0.15) is 67.2 Å². The molecule has 0 aliphatic carbocycles. The summed E-state index contributed by atoms with van der Waals surface area (Å²) in [6, 6.07) is 35.1. The van der Waals surface area contributed by atoms with Crippen molar-refractivity contribution in [3.05, 3.63) is 131 Å². The van der Waals surface area contributed by atoms with Gasteiger partial charge < -0.3 is 9.47 Å². The molecular weight excluding hydrogens is 564 g/mol. The minimum Gasteiger partial charge on any atom is -0.488 e. The minimum atomic E-state index is -0.127. The molecule has 2 N–H and O–H groups in total. The van der Waals surface area contributed by atoms with Crippen LogP contribution in [0.4, 0.5) is 0 Å². The lowest BCUT2D eigenvalue weighted by Gasteiger charge is -2.09. The van der Waals surface area contributed by atoms with Gasteiger partial charge in [-0.25, -0.2) is 10.9 Å². The van der Waals surface area contributed by atoms with E-state index in [0.717, 1.165) is 54.4 Å². The van der Waals surface area contributed by atoms with Crippen LogP contribution in [0.2, 0.25) is 0 Å². The van der Waals surface area contributed by atoms with Crippen LogP contribution in [0.25, 0.3) is 0 Å². The van der Waals surface area contributed by atoms with Crippen molar-refractivity contribution >= 4 is 24.2 Å². The number of hydrogen-bond donors (Lipinski definition) is 2. The monoisotopic (exact) mass is 604 g/mol. The summed E-state index contributed by atoms with van der Waals surface area (Å²) >= 11 is 0. The van der Waals surface area contributed by atoms with Gasteiger partial charge in [-0.2, -0.15) is 10.2 Å². The third-order valence-electron chi connectivity index (χ3n) is 6.91. The highest BCUT2D eigenvalue weighted by molar-refractivity contribution is 5.86. The van der Waals surface area contributed by atoms with Crippen molar-refractivity contribution < 1.29 is 19.1 Å². The number of hydrogen-bond acceptors (Lipinski definition) is 6. The Morgan fingerprint density at radius 2 is 0.889 bits per heavy atom. The number of ether oxygens (including phenoxy) is 2. The molecule has 0 unspecified atom stereocenters. The van der Waals surface area contributed by atoms with Crippen LogP contribution in [0.3, 0.4) is 0 Å². The quantitative estimate of drug-likeness (QED) is 0.0714. The molecule has 0 spiro atoms. The highest BCUT2D eigenvalue weighted by Crippen LogP contribution is 2.19. The molecule has 4 rings (SSSR count). The summed E-state index contributed by atoms with van der Waals surface area (Å²) in [4.78, 5) is 24.4. The van der Waals surface area contributed by atoms with Crippen LogP contribution in [0.5, 0.6) is 11.5 Å². The lowest BCUT2D eigenvalue weighted by atomic mass is 10.1. The van der Waals surface area contributed by atoms with Gasteiger partial charge in [-0.05, 0) is 48.2 Å². The second-order valence-electron chi connectivity index (χ2n) is 10.5. The van der Waals surface area contributed by atoms with Gasteiger partial charge in [0.1, 0.15) is 24.7 Å². The summed E-state index contributed by atoms with van der Waals surface area (Å²) in [7, 11) is 0. The van der Waals surface area contributed by atoms with Gasteiger partial charge in [0.05, 0.1) is 12.4 Å². The molecule has 8 heteroatoms. The van der Waals surface area contributed by atoms with E-state index in [1.165, 1.54) is 0 Å². The van der Waals surface area contributed by atoms with Crippen molar-refractivity contribution in [2.24, 2.45) is 10.2 Å². The Hall–Kier alpha value is -5.24. The molecule has 4 aromatic rings. The lowest BCUT2D eigenvalue weighted by molar-refractivity contribution is -0.121. The molecule has 0 aliphatic heterocycles. The van der Waals surface area contributed by atoms with Gasteiger partial charge in [0.15, 0.2) is 0 Å². The predicted molar refractivity (Wildman–Crippen MR) is 178 cm³/mol. The molecule has 0 atom stereocenters. The molecule has 0 bridgehead atoms. The highest BCUT2D eigenvalue weighted by Gasteiger charge is 2.05. The van der Waals surface area contributed by atoms with E-state index >= 15 is 0 Å². The van der Waals surface area contributed by atoms with Crippen LogP contribution in [-0.2, 0) is 22.8 Å². The number of unbranched alkanes of at least 4 members (excludes halogenated alkanes) is 4. The Morgan fingerprint density at radius 1 is 0.511 bits per heavy atom. The van der Waals surface area contributed by atoms with Crippen LogP contribution in [0, 0.1) is 0 Å². The first-order valence-electron chi connectivity index (χ1n) is 15.3. The first-order chi connectivity index (χ1) is 22.2. The summed E-state index contributed by atoms with van der Waals surface area (Å²) in [5.41, 5.74) is 8.94. The summed E-state index contributed by atoms with van der Waals surface area (Å²) < 4.78 is 11.9. The Bertz CT molecular complexity index is 1410. The van der Waals surface area contributed by atoms with Gasteiger partial charge in [0, 0.05) is 24.0 Å². The Balaban J connectivity index is 1.05. The zero-order chi connectivity index (χ0) is 31.4. The SMILES string of the molecule is O=C(CCCCCCCC(=O)N/N=C/c1ccccc1OCc1ccccc1)N/N=C/c1ccccc1OCc1ccccc1. The second kappa shape index (κ2) is 19.1. The number of carbonyl (C=O) groups is 2. The molecule has 2 amide bonds. The molecule has 45 heavy (non-hydrogen) atoms. The fraction of sp³-hybridized carbons (Fsp3) is 0.243. The first kappa shape index (κ1) is 32.7. The number of benzene rings is 4. The maximum atomic E-state index is 12.2. The molecular formula is C37H40N4O4. The molecule has 0 radical (unpaired) electrons. The fourth-order valence-electron chi connectivity index (χ4n) is 4.47. The van der Waals surface area contributed by atoms with E-state index in [-0.39, 0.29) is 11.8 Å². The number of carbonyl (C=O) groups excluding carboxylic acids is 2. The normalized spacial score (nSPS) is 11.0. The number of rotatable bonds is 18. The number of nitrogens with zero attached hydrogens (tertiary/aromatic N) is 2. The maximum absolute atomic E-state index is 12.2. The smallest absolute Gasteiger partial charge is 0.240 e. The van der Waals surface area contributed by atoms with Crippen LogP contribution in [-0.4, -0.2) is 24.2 Å². The average Bonchev–Trinajstić information content (AvgIpc) is 3.08. The van der Waals surface area contributed by atoms with Crippen molar-refractivity contribution in [2.45, 2.75) is 58.2 Å². The topological polar surface area (TPSA) is 101 Å². The number of para-hydroxylation sites is 2. The Labute approximate surface area is 265 Å².